The summed E-state index contributed by atoms with van der Waals surface area (Å²) in [4.78, 5) is 14.5. The summed E-state index contributed by atoms with van der Waals surface area (Å²) in [6, 6.07) is 4.42. The number of ether oxygens (including phenoxy) is 1. The molecule has 1 fully saturated rings. The lowest BCUT2D eigenvalue weighted by molar-refractivity contribution is -0.137. The molecule has 3 heterocycles. The van der Waals surface area contributed by atoms with E-state index in [4.69, 9.17) is 4.74 Å². The maximum atomic E-state index is 12.6. The van der Waals surface area contributed by atoms with Gasteiger partial charge in [0.05, 0.1) is 18.4 Å². The van der Waals surface area contributed by atoms with Crippen LogP contribution in [0.4, 0.5) is 0 Å². The molecule has 1 amide bonds. The molecule has 0 aliphatic carbocycles. The summed E-state index contributed by atoms with van der Waals surface area (Å²) in [5, 5.41) is 4.44. The maximum Gasteiger partial charge on any atom is 0.246 e. The van der Waals surface area contributed by atoms with E-state index in [2.05, 4.69) is 43.4 Å². The van der Waals surface area contributed by atoms with Crippen LogP contribution in [0.2, 0.25) is 0 Å². The molecule has 1 aliphatic heterocycles. The number of hydrogen-bond acceptors (Lipinski definition) is 3. The normalized spacial score (nSPS) is 20.8. The molecule has 146 valence electrons. The molecule has 2 aromatic heterocycles. The van der Waals surface area contributed by atoms with Gasteiger partial charge in [-0.15, -0.1) is 0 Å². The van der Waals surface area contributed by atoms with Gasteiger partial charge in [0.15, 0.2) is 0 Å². The number of hydrogen-bond donors (Lipinski definition) is 0. The first-order chi connectivity index (χ1) is 12.8. The Hall–Kier alpha value is -2.34. The molecule has 6 nitrogen and oxygen atoms in total. The summed E-state index contributed by atoms with van der Waals surface area (Å²) in [6.07, 6.45) is 5.58. The van der Waals surface area contributed by atoms with E-state index in [0.717, 1.165) is 22.8 Å². The van der Waals surface area contributed by atoms with Crippen LogP contribution in [0.3, 0.4) is 0 Å². The van der Waals surface area contributed by atoms with Crippen molar-refractivity contribution >= 4 is 12.0 Å². The third-order valence-electron chi connectivity index (χ3n) is 4.97. The van der Waals surface area contributed by atoms with Gasteiger partial charge < -0.3 is 14.2 Å². The van der Waals surface area contributed by atoms with Gasteiger partial charge in [0, 0.05) is 42.7 Å². The van der Waals surface area contributed by atoms with Gasteiger partial charge in [-0.1, -0.05) is 0 Å². The van der Waals surface area contributed by atoms with Crippen LogP contribution in [0.1, 0.15) is 50.7 Å². The van der Waals surface area contributed by atoms with Crippen molar-refractivity contribution in [1.29, 1.82) is 0 Å². The van der Waals surface area contributed by atoms with Gasteiger partial charge in [0.1, 0.15) is 5.82 Å². The number of amides is 1. The largest absolute Gasteiger partial charge is 0.372 e. The second-order valence-corrected chi connectivity index (χ2v) is 7.72. The lowest BCUT2D eigenvalue weighted by Crippen LogP contribution is -2.47. The van der Waals surface area contributed by atoms with Crippen LogP contribution in [-0.2, 0) is 9.53 Å². The van der Waals surface area contributed by atoms with E-state index >= 15 is 0 Å². The molecule has 27 heavy (non-hydrogen) atoms. The van der Waals surface area contributed by atoms with E-state index in [0.29, 0.717) is 13.1 Å². The molecule has 2 unspecified atom stereocenters. The van der Waals surface area contributed by atoms with Gasteiger partial charge in [-0.05, 0) is 59.2 Å². The van der Waals surface area contributed by atoms with E-state index in [1.165, 1.54) is 0 Å². The summed E-state index contributed by atoms with van der Waals surface area (Å²) < 4.78 is 9.91. The van der Waals surface area contributed by atoms with Gasteiger partial charge in [0.2, 0.25) is 5.91 Å². The average Bonchev–Trinajstić information content (AvgIpc) is 3.16. The maximum absolute atomic E-state index is 12.6. The van der Waals surface area contributed by atoms with Crippen LogP contribution in [-0.4, -0.2) is 50.5 Å². The van der Waals surface area contributed by atoms with E-state index in [1.807, 2.05) is 41.8 Å². The molecular weight excluding hydrogens is 340 g/mol. The van der Waals surface area contributed by atoms with Crippen molar-refractivity contribution < 1.29 is 9.53 Å². The predicted octanol–water partition coefficient (Wildman–Crippen LogP) is 3.52. The zero-order valence-electron chi connectivity index (χ0n) is 17.1. The number of carbonyl (C=O) groups is 1. The fraction of sp³-hybridized carbons (Fsp3) is 0.524. The van der Waals surface area contributed by atoms with E-state index in [1.54, 1.807) is 6.08 Å². The first-order valence-corrected chi connectivity index (χ1v) is 9.63. The Morgan fingerprint density at radius 2 is 1.93 bits per heavy atom. The Kier molecular flexibility index (Phi) is 5.56. The summed E-state index contributed by atoms with van der Waals surface area (Å²) >= 11 is 0. The molecule has 2 atom stereocenters. The zero-order chi connectivity index (χ0) is 19.7. The zero-order valence-corrected chi connectivity index (χ0v) is 17.1. The van der Waals surface area contributed by atoms with Crippen molar-refractivity contribution in [2.75, 3.05) is 13.1 Å². The molecule has 1 saturated heterocycles. The Balaban J connectivity index is 1.83. The topological polar surface area (TPSA) is 52.3 Å². The molecule has 0 N–H and O–H groups in total. The number of aryl methyl sites for hydroxylation is 1. The van der Waals surface area contributed by atoms with E-state index in [-0.39, 0.29) is 24.2 Å². The average molecular weight is 370 g/mol. The molecule has 2 aromatic rings. The van der Waals surface area contributed by atoms with Crippen molar-refractivity contribution in [3.05, 3.63) is 41.4 Å². The first-order valence-electron chi connectivity index (χ1n) is 9.63. The standard InChI is InChI=1S/C21H30N4O2/c1-14(2)25-20(9-10-22-25)24-15(3)11-19(18(24)6)7-8-21(26)23-12-16(4)27-17(5)13-23/h7-11,14,16-17H,12-13H2,1-6H3. The van der Waals surface area contributed by atoms with E-state index in [9.17, 15) is 4.79 Å². The highest BCUT2D eigenvalue weighted by Crippen LogP contribution is 2.23. The molecule has 3 rings (SSSR count). The fourth-order valence-corrected chi connectivity index (χ4v) is 3.82. The van der Waals surface area contributed by atoms with Crippen molar-refractivity contribution in [1.82, 2.24) is 19.2 Å². The molecule has 0 bridgehead atoms. The smallest absolute Gasteiger partial charge is 0.246 e. The molecule has 6 heteroatoms. The van der Waals surface area contributed by atoms with Crippen LogP contribution in [0, 0.1) is 13.8 Å². The summed E-state index contributed by atoms with van der Waals surface area (Å²) in [5.41, 5.74) is 3.27. The van der Waals surface area contributed by atoms with Gasteiger partial charge >= 0.3 is 0 Å². The first kappa shape index (κ1) is 19.4. The Bertz CT molecular complexity index is 836. The lowest BCUT2D eigenvalue weighted by Gasteiger charge is -2.34. The molecule has 0 radical (unpaired) electrons. The van der Waals surface area contributed by atoms with Gasteiger partial charge in [-0.25, -0.2) is 4.68 Å². The number of carbonyl (C=O) groups excluding carboxylic acids is 1. The van der Waals surface area contributed by atoms with Crippen LogP contribution in [0.5, 0.6) is 0 Å². The van der Waals surface area contributed by atoms with Crippen molar-refractivity contribution in [3.8, 4) is 5.82 Å². The van der Waals surface area contributed by atoms with E-state index < -0.39 is 0 Å². The van der Waals surface area contributed by atoms with Crippen LogP contribution < -0.4 is 0 Å². The van der Waals surface area contributed by atoms with Gasteiger partial charge in [0.25, 0.3) is 0 Å². The summed E-state index contributed by atoms with van der Waals surface area (Å²) in [7, 11) is 0. The van der Waals surface area contributed by atoms with Crippen molar-refractivity contribution in [2.24, 2.45) is 0 Å². The highest BCUT2D eigenvalue weighted by Gasteiger charge is 2.24. The Labute approximate surface area is 161 Å². The number of nitrogens with zero attached hydrogens (tertiary/aromatic N) is 4. The van der Waals surface area contributed by atoms with Crippen molar-refractivity contribution in [2.45, 2.75) is 59.8 Å². The van der Waals surface area contributed by atoms with Crippen molar-refractivity contribution in [3.63, 3.8) is 0 Å². The lowest BCUT2D eigenvalue weighted by atomic mass is 10.2. The molecule has 0 saturated carbocycles. The minimum absolute atomic E-state index is 0.0361. The third kappa shape index (κ3) is 4.00. The number of rotatable bonds is 4. The van der Waals surface area contributed by atoms with Crippen LogP contribution in [0.25, 0.3) is 11.9 Å². The minimum atomic E-state index is 0.0361. The SMILES string of the molecule is Cc1cc(C=CC(=O)N2CC(C)OC(C)C2)c(C)n1-c1ccnn1C(C)C. The second-order valence-electron chi connectivity index (χ2n) is 7.72. The third-order valence-corrected chi connectivity index (χ3v) is 4.97. The number of morpholine rings is 1. The summed E-state index contributed by atoms with van der Waals surface area (Å²) in [6.45, 7) is 13.7. The molecular formula is C21H30N4O2. The molecule has 0 aromatic carbocycles. The quantitative estimate of drug-likeness (QED) is 0.774. The highest BCUT2D eigenvalue weighted by atomic mass is 16.5. The van der Waals surface area contributed by atoms with Crippen LogP contribution in [0.15, 0.2) is 24.4 Å². The predicted molar refractivity (Wildman–Crippen MR) is 107 cm³/mol. The monoisotopic (exact) mass is 370 g/mol. The second kappa shape index (κ2) is 7.72. The van der Waals surface area contributed by atoms with Gasteiger partial charge in [-0.3, -0.25) is 4.79 Å². The van der Waals surface area contributed by atoms with Gasteiger partial charge in [-0.2, -0.15) is 5.10 Å². The summed E-state index contributed by atoms with van der Waals surface area (Å²) in [5.74, 6) is 1.08. The van der Waals surface area contributed by atoms with Crippen LogP contribution >= 0.6 is 0 Å². The highest BCUT2D eigenvalue weighted by molar-refractivity contribution is 5.92. The molecule has 0 spiro atoms. The number of aromatic nitrogens is 3. The fourth-order valence-electron chi connectivity index (χ4n) is 3.82. The Morgan fingerprint density at radius 1 is 1.26 bits per heavy atom. The Morgan fingerprint density at radius 3 is 2.56 bits per heavy atom. The molecule has 1 aliphatic rings. The minimum Gasteiger partial charge on any atom is -0.372 e.